The summed E-state index contributed by atoms with van der Waals surface area (Å²) in [6.07, 6.45) is 1.06. The molecule has 72 valence electrons. The van der Waals surface area contributed by atoms with Crippen LogP contribution in [-0.2, 0) is 9.47 Å². The zero-order valence-electron chi connectivity index (χ0n) is 7.45. The molecule has 0 aliphatic rings. The van der Waals surface area contributed by atoms with Crippen LogP contribution in [0.15, 0.2) is 12.3 Å². The number of nitrogens with zero attached hydrogens (tertiary/aromatic N) is 1. The van der Waals surface area contributed by atoms with E-state index in [0.29, 0.717) is 11.3 Å². The van der Waals surface area contributed by atoms with Gasteiger partial charge in [0, 0.05) is 26.0 Å². The highest BCUT2D eigenvalue weighted by Gasteiger charge is 2.14. The molecule has 0 radical (unpaired) electrons. The van der Waals surface area contributed by atoms with E-state index < -0.39 is 6.29 Å². The number of rotatable bonds is 3. The van der Waals surface area contributed by atoms with Crippen LogP contribution in [0.2, 0.25) is 5.15 Å². The lowest BCUT2D eigenvalue weighted by molar-refractivity contribution is -0.105. The van der Waals surface area contributed by atoms with Crippen molar-refractivity contribution < 1.29 is 9.47 Å². The molecule has 0 fully saturated rings. The number of nitrogen functional groups attached to an aromatic ring is 1. The number of ether oxygens (including phenoxy) is 2. The largest absolute Gasteiger partial charge is 0.396 e. The lowest BCUT2D eigenvalue weighted by Crippen LogP contribution is -2.07. The van der Waals surface area contributed by atoms with Crippen molar-refractivity contribution in [1.82, 2.24) is 4.98 Å². The first-order valence-electron chi connectivity index (χ1n) is 3.66. The summed E-state index contributed by atoms with van der Waals surface area (Å²) in [5, 5.41) is 0.261. The second-order valence-corrected chi connectivity index (χ2v) is 2.77. The fourth-order valence-corrected chi connectivity index (χ4v) is 1.18. The van der Waals surface area contributed by atoms with Gasteiger partial charge in [-0.1, -0.05) is 11.6 Å². The Morgan fingerprint density at radius 2 is 2.08 bits per heavy atom. The van der Waals surface area contributed by atoms with Gasteiger partial charge in [0.05, 0.1) is 5.69 Å². The van der Waals surface area contributed by atoms with E-state index in [1.165, 1.54) is 14.2 Å². The third kappa shape index (κ3) is 2.09. The van der Waals surface area contributed by atoms with Crippen LogP contribution in [-0.4, -0.2) is 19.2 Å². The summed E-state index contributed by atoms with van der Waals surface area (Å²) >= 11 is 5.72. The molecule has 0 bridgehead atoms. The summed E-state index contributed by atoms with van der Waals surface area (Å²) in [5.74, 6) is 0. The highest BCUT2D eigenvalue weighted by molar-refractivity contribution is 6.31. The van der Waals surface area contributed by atoms with Gasteiger partial charge in [0.1, 0.15) is 0 Å². The summed E-state index contributed by atoms with van der Waals surface area (Å²) in [4.78, 5) is 3.82. The molecule has 0 saturated heterocycles. The zero-order valence-corrected chi connectivity index (χ0v) is 8.21. The van der Waals surface area contributed by atoms with E-state index in [-0.39, 0.29) is 5.15 Å². The monoisotopic (exact) mass is 202 g/mol. The van der Waals surface area contributed by atoms with E-state index in [1.807, 2.05) is 0 Å². The minimum absolute atomic E-state index is 0.261. The number of hydrogen-bond acceptors (Lipinski definition) is 4. The SMILES string of the molecule is COC(OC)c1ccnc(Cl)c1N. The third-order valence-corrected chi connectivity index (χ3v) is 1.96. The van der Waals surface area contributed by atoms with Crippen LogP contribution in [0.5, 0.6) is 0 Å². The van der Waals surface area contributed by atoms with Crippen molar-refractivity contribution in [1.29, 1.82) is 0 Å². The van der Waals surface area contributed by atoms with Gasteiger partial charge in [-0.25, -0.2) is 4.98 Å². The van der Waals surface area contributed by atoms with Crippen LogP contribution >= 0.6 is 11.6 Å². The van der Waals surface area contributed by atoms with Gasteiger partial charge in [-0.2, -0.15) is 0 Å². The van der Waals surface area contributed by atoms with Crippen LogP contribution in [0.25, 0.3) is 0 Å². The Morgan fingerprint density at radius 3 is 2.62 bits per heavy atom. The first-order valence-corrected chi connectivity index (χ1v) is 4.04. The fraction of sp³-hybridized carbons (Fsp3) is 0.375. The van der Waals surface area contributed by atoms with Gasteiger partial charge >= 0.3 is 0 Å². The maximum atomic E-state index is 5.72. The maximum Gasteiger partial charge on any atom is 0.185 e. The molecule has 0 spiro atoms. The average molecular weight is 203 g/mol. The Balaban J connectivity index is 3.05. The zero-order chi connectivity index (χ0) is 9.84. The van der Waals surface area contributed by atoms with E-state index in [2.05, 4.69) is 4.98 Å². The molecular weight excluding hydrogens is 192 g/mol. The second kappa shape index (κ2) is 4.41. The van der Waals surface area contributed by atoms with Crippen LogP contribution in [0.3, 0.4) is 0 Å². The number of anilines is 1. The third-order valence-electron chi connectivity index (χ3n) is 1.66. The molecule has 4 nitrogen and oxygen atoms in total. The van der Waals surface area contributed by atoms with Crippen LogP contribution < -0.4 is 5.73 Å². The average Bonchev–Trinajstić information content (AvgIpc) is 2.14. The second-order valence-electron chi connectivity index (χ2n) is 2.41. The molecular formula is C8H11ClN2O2. The topological polar surface area (TPSA) is 57.4 Å². The molecule has 1 heterocycles. The quantitative estimate of drug-likeness (QED) is 0.598. The molecule has 0 atom stereocenters. The van der Waals surface area contributed by atoms with Crippen LogP contribution in [0.1, 0.15) is 11.9 Å². The molecule has 1 aromatic rings. The maximum absolute atomic E-state index is 5.72. The Labute approximate surface area is 81.6 Å². The number of pyridine rings is 1. The lowest BCUT2D eigenvalue weighted by atomic mass is 10.2. The Morgan fingerprint density at radius 1 is 1.46 bits per heavy atom. The summed E-state index contributed by atoms with van der Waals surface area (Å²) in [7, 11) is 3.06. The minimum Gasteiger partial charge on any atom is -0.396 e. The van der Waals surface area contributed by atoms with Gasteiger partial charge in [0.15, 0.2) is 11.4 Å². The predicted molar refractivity (Wildman–Crippen MR) is 50.4 cm³/mol. The first-order chi connectivity index (χ1) is 6.20. The highest BCUT2D eigenvalue weighted by Crippen LogP contribution is 2.27. The summed E-state index contributed by atoms with van der Waals surface area (Å²) in [5.41, 5.74) is 6.75. The number of methoxy groups -OCH3 is 2. The van der Waals surface area contributed by atoms with E-state index >= 15 is 0 Å². The molecule has 1 rings (SSSR count). The van der Waals surface area contributed by atoms with Gasteiger partial charge in [0.2, 0.25) is 0 Å². The van der Waals surface area contributed by atoms with Gasteiger partial charge in [0.25, 0.3) is 0 Å². The summed E-state index contributed by atoms with van der Waals surface area (Å²) < 4.78 is 10.1. The molecule has 0 aromatic carbocycles. The fourth-order valence-electron chi connectivity index (χ4n) is 1.02. The van der Waals surface area contributed by atoms with E-state index in [1.54, 1.807) is 12.3 Å². The van der Waals surface area contributed by atoms with Crippen molar-refractivity contribution >= 4 is 17.3 Å². The lowest BCUT2D eigenvalue weighted by Gasteiger charge is -2.15. The van der Waals surface area contributed by atoms with Gasteiger partial charge in [-0.05, 0) is 6.07 Å². The van der Waals surface area contributed by atoms with Crippen LogP contribution in [0, 0.1) is 0 Å². The van der Waals surface area contributed by atoms with Crippen molar-refractivity contribution in [2.24, 2.45) is 0 Å². The predicted octanol–water partition coefficient (Wildman–Crippen LogP) is 1.61. The van der Waals surface area contributed by atoms with Crippen LogP contribution in [0.4, 0.5) is 5.69 Å². The summed E-state index contributed by atoms with van der Waals surface area (Å²) in [6, 6.07) is 1.71. The van der Waals surface area contributed by atoms with E-state index in [9.17, 15) is 0 Å². The van der Waals surface area contributed by atoms with E-state index in [0.717, 1.165) is 0 Å². The summed E-state index contributed by atoms with van der Waals surface area (Å²) in [6.45, 7) is 0. The molecule has 2 N–H and O–H groups in total. The van der Waals surface area contributed by atoms with Crippen molar-refractivity contribution in [3.8, 4) is 0 Å². The van der Waals surface area contributed by atoms with Gasteiger partial charge in [-0.15, -0.1) is 0 Å². The molecule has 0 unspecified atom stereocenters. The molecule has 0 aliphatic carbocycles. The molecule has 0 saturated carbocycles. The Bertz CT molecular complexity index is 289. The van der Waals surface area contributed by atoms with Gasteiger partial charge < -0.3 is 15.2 Å². The van der Waals surface area contributed by atoms with Crippen molar-refractivity contribution in [3.63, 3.8) is 0 Å². The number of aromatic nitrogens is 1. The standard InChI is InChI=1S/C8H11ClN2O2/c1-12-8(13-2)5-3-4-11-7(9)6(5)10/h3-4,8H,10H2,1-2H3. The number of nitrogens with two attached hydrogens (primary N) is 1. The van der Waals surface area contributed by atoms with Crippen molar-refractivity contribution in [2.75, 3.05) is 20.0 Å². The molecule has 0 amide bonds. The first kappa shape index (κ1) is 10.2. The molecule has 1 aromatic heterocycles. The van der Waals surface area contributed by atoms with Gasteiger partial charge in [-0.3, -0.25) is 0 Å². The molecule has 5 heteroatoms. The minimum atomic E-state index is -0.500. The highest BCUT2D eigenvalue weighted by atomic mass is 35.5. The Hall–Kier alpha value is -0.840. The smallest absolute Gasteiger partial charge is 0.185 e. The van der Waals surface area contributed by atoms with Crippen molar-refractivity contribution in [2.45, 2.75) is 6.29 Å². The number of halogens is 1. The van der Waals surface area contributed by atoms with E-state index in [4.69, 9.17) is 26.8 Å². The normalized spacial score (nSPS) is 10.8. The molecule has 0 aliphatic heterocycles. The number of hydrogen-bond donors (Lipinski definition) is 1. The van der Waals surface area contributed by atoms with Crippen molar-refractivity contribution in [3.05, 3.63) is 23.0 Å². The molecule has 13 heavy (non-hydrogen) atoms. The Kier molecular flexibility index (Phi) is 3.48.